The molecule has 0 aromatic heterocycles. The fourth-order valence-corrected chi connectivity index (χ4v) is 0.971. The third kappa shape index (κ3) is 1.13. The average Bonchev–Trinajstić information content (AvgIpc) is 2.12. The minimum absolute atomic E-state index is 0.200. The van der Waals surface area contributed by atoms with Crippen molar-refractivity contribution in [2.24, 2.45) is 0 Å². The summed E-state index contributed by atoms with van der Waals surface area (Å²) in [5, 5.41) is 0. The first-order valence-corrected chi connectivity index (χ1v) is 3.38. The van der Waals surface area contributed by atoms with Crippen LogP contribution in [0, 0.1) is 0 Å². The van der Waals surface area contributed by atoms with Crippen LogP contribution < -0.4 is 0 Å². The Balaban J connectivity index is 2.64. The molecule has 0 saturated carbocycles. The van der Waals surface area contributed by atoms with Gasteiger partial charge in [0.25, 0.3) is 0 Å². The monoisotopic (exact) mass is 197 g/mol. The quantitative estimate of drug-likeness (QED) is 0.555. The third-order valence-electron chi connectivity index (χ3n) is 1.03. The SMILES string of the molecule is O=[C]([RuH2])C1=CC=CC1. The van der Waals surface area contributed by atoms with Crippen molar-refractivity contribution in [2.75, 3.05) is 0 Å². The molecule has 1 aliphatic rings. The Labute approximate surface area is 58.1 Å². The predicted octanol–water partition coefficient (Wildman–Crippen LogP) is 0.411. The molecule has 0 unspecified atom stereocenters. The first-order valence-electron chi connectivity index (χ1n) is 2.38. The topological polar surface area (TPSA) is 17.1 Å². The van der Waals surface area contributed by atoms with Gasteiger partial charge in [0.15, 0.2) is 0 Å². The molecule has 0 heterocycles. The van der Waals surface area contributed by atoms with Crippen molar-refractivity contribution in [1.29, 1.82) is 0 Å². The second kappa shape index (κ2) is 2.36. The molecule has 8 heavy (non-hydrogen) atoms. The first-order chi connectivity index (χ1) is 3.80. The van der Waals surface area contributed by atoms with Gasteiger partial charge in [0.2, 0.25) is 0 Å². The molecule has 45 valence electrons. The fraction of sp³-hybridized carbons (Fsp3) is 0.167. The molecule has 0 atom stereocenters. The predicted molar refractivity (Wildman–Crippen MR) is 29.6 cm³/mol. The van der Waals surface area contributed by atoms with Gasteiger partial charge in [-0.15, -0.1) is 0 Å². The molecular weight excluding hydrogens is 189 g/mol. The van der Waals surface area contributed by atoms with Gasteiger partial charge >= 0.3 is 57.7 Å². The Bertz CT molecular complexity index is 167. The molecule has 1 nitrogen and oxygen atoms in total. The van der Waals surface area contributed by atoms with Crippen LogP contribution in [-0.4, -0.2) is 4.38 Å². The number of rotatable bonds is 1. The van der Waals surface area contributed by atoms with Gasteiger partial charge < -0.3 is 0 Å². The van der Waals surface area contributed by atoms with E-state index in [1.807, 2.05) is 18.2 Å². The summed E-state index contributed by atoms with van der Waals surface area (Å²) in [4.78, 5) is 10.5. The summed E-state index contributed by atoms with van der Waals surface area (Å²) in [6.07, 6.45) is 6.60. The standard InChI is InChI=1S/C6H5O.Ru.2H/c7-5-6-3-1-2-4-6;;;/h1-3H,4H2;;;. The molecule has 1 rings (SSSR count). The van der Waals surface area contributed by atoms with Crippen LogP contribution in [0.2, 0.25) is 0 Å². The van der Waals surface area contributed by atoms with E-state index in [0.29, 0.717) is 0 Å². The van der Waals surface area contributed by atoms with Gasteiger partial charge in [-0.3, -0.25) is 0 Å². The number of carbonyl (C=O) groups excluding carboxylic acids is 1. The maximum absolute atomic E-state index is 10.5. The van der Waals surface area contributed by atoms with Gasteiger partial charge in [-0.1, -0.05) is 0 Å². The zero-order valence-electron chi connectivity index (χ0n) is 4.26. The summed E-state index contributed by atoms with van der Waals surface area (Å²) in [5.74, 6) is 0. The van der Waals surface area contributed by atoms with E-state index in [9.17, 15) is 4.79 Å². The average molecular weight is 196 g/mol. The second-order valence-corrected chi connectivity index (χ2v) is 2.52. The van der Waals surface area contributed by atoms with Crippen molar-refractivity contribution >= 4 is 4.38 Å². The summed E-state index contributed by atoms with van der Waals surface area (Å²) in [6.45, 7) is 0. The van der Waals surface area contributed by atoms with Crippen molar-refractivity contribution in [3.8, 4) is 0 Å². The molecule has 1 aliphatic carbocycles. The van der Waals surface area contributed by atoms with Gasteiger partial charge in [-0.2, -0.15) is 0 Å². The van der Waals surface area contributed by atoms with E-state index >= 15 is 0 Å². The van der Waals surface area contributed by atoms with E-state index in [2.05, 4.69) is 0 Å². The van der Waals surface area contributed by atoms with Crippen LogP contribution in [0.25, 0.3) is 0 Å². The van der Waals surface area contributed by atoms with Crippen LogP contribution in [0.1, 0.15) is 6.42 Å². The van der Waals surface area contributed by atoms with Crippen LogP contribution in [0.15, 0.2) is 23.8 Å². The number of hydrogen-bond acceptors (Lipinski definition) is 1. The Morgan fingerprint density at radius 3 is 2.75 bits per heavy atom. The van der Waals surface area contributed by atoms with E-state index in [4.69, 9.17) is 0 Å². The molecule has 0 fully saturated rings. The van der Waals surface area contributed by atoms with Gasteiger partial charge in [-0.25, -0.2) is 0 Å². The Morgan fingerprint density at radius 2 is 2.50 bits per heavy atom. The molecule has 0 aliphatic heterocycles. The third-order valence-corrected chi connectivity index (χ3v) is 1.68. The zero-order valence-corrected chi connectivity index (χ0v) is 6.26. The molecular formula is C6H7ORu. The van der Waals surface area contributed by atoms with Gasteiger partial charge in [-0.05, 0) is 0 Å². The summed E-state index contributed by atoms with van der Waals surface area (Å²) in [7, 11) is 0. The molecule has 2 heteroatoms. The van der Waals surface area contributed by atoms with Gasteiger partial charge in [0, 0.05) is 0 Å². The molecule has 0 N–H and O–H groups in total. The fourth-order valence-electron chi connectivity index (χ4n) is 0.599. The van der Waals surface area contributed by atoms with Crippen LogP contribution in [-0.2, 0) is 23.1 Å². The van der Waals surface area contributed by atoms with Gasteiger partial charge in [0.05, 0.1) is 0 Å². The molecule has 0 spiro atoms. The molecule has 0 aromatic rings. The van der Waals surface area contributed by atoms with Crippen LogP contribution in [0.5, 0.6) is 0 Å². The molecule has 0 saturated heterocycles. The maximum atomic E-state index is 10.5. The first kappa shape index (κ1) is 5.90. The van der Waals surface area contributed by atoms with Crippen molar-refractivity contribution in [3.05, 3.63) is 23.8 Å². The Hall–Kier alpha value is -0.227. The number of hydrogen-bond donors (Lipinski definition) is 0. The van der Waals surface area contributed by atoms with E-state index < -0.39 is 0 Å². The Morgan fingerprint density at radius 1 is 1.75 bits per heavy atom. The Kier molecular flexibility index (Phi) is 1.74. The van der Waals surface area contributed by atoms with E-state index in [0.717, 1.165) is 12.0 Å². The minimum atomic E-state index is 0.200. The van der Waals surface area contributed by atoms with Crippen molar-refractivity contribution in [1.82, 2.24) is 0 Å². The summed E-state index contributed by atoms with van der Waals surface area (Å²) < 4.78 is 0.200. The van der Waals surface area contributed by atoms with E-state index in [1.54, 1.807) is 0 Å². The second-order valence-electron chi connectivity index (χ2n) is 1.61. The van der Waals surface area contributed by atoms with Crippen molar-refractivity contribution in [2.45, 2.75) is 6.42 Å². The van der Waals surface area contributed by atoms with E-state index in [-0.39, 0.29) is 4.38 Å². The van der Waals surface area contributed by atoms with Crippen molar-refractivity contribution in [3.63, 3.8) is 0 Å². The molecule has 0 radical (unpaired) electrons. The zero-order chi connectivity index (χ0) is 5.98. The molecule has 0 amide bonds. The summed E-state index contributed by atoms with van der Waals surface area (Å²) in [5.41, 5.74) is 0.926. The van der Waals surface area contributed by atoms with E-state index in [1.165, 1.54) is 18.3 Å². The van der Waals surface area contributed by atoms with Crippen LogP contribution in [0.4, 0.5) is 0 Å². The molecule has 0 bridgehead atoms. The summed E-state index contributed by atoms with van der Waals surface area (Å²) in [6, 6.07) is 0. The van der Waals surface area contributed by atoms with Crippen LogP contribution >= 0.6 is 0 Å². The van der Waals surface area contributed by atoms with Gasteiger partial charge in [0.1, 0.15) is 0 Å². The number of carbonyl (C=O) groups is 1. The van der Waals surface area contributed by atoms with Crippen molar-refractivity contribution < 1.29 is 23.1 Å². The van der Waals surface area contributed by atoms with Crippen LogP contribution in [0.3, 0.4) is 0 Å². The summed E-state index contributed by atoms with van der Waals surface area (Å²) >= 11 is 1.53. The molecule has 0 aromatic carbocycles. The normalized spacial score (nSPS) is 16.5. The number of allylic oxidation sites excluding steroid dienone is 4.